The predicted molar refractivity (Wildman–Crippen MR) is 84.1 cm³/mol. The van der Waals surface area contributed by atoms with E-state index < -0.39 is 0 Å². The summed E-state index contributed by atoms with van der Waals surface area (Å²) in [6.07, 6.45) is 9.53. The van der Waals surface area contributed by atoms with Crippen molar-refractivity contribution in [2.45, 2.75) is 44.6 Å². The normalized spacial score (nSPS) is 15.2. The van der Waals surface area contributed by atoms with Gasteiger partial charge in [0.15, 0.2) is 0 Å². The zero-order valence-corrected chi connectivity index (χ0v) is 12.7. The molecule has 0 bridgehead atoms. The highest BCUT2D eigenvalue weighted by Gasteiger charge is 2.17. The van der Waals surface area contributed by atoms with Crippen LogP contribution in [-0.4, -0.2) is 21.9 Å². The van der Waals surface area contributed by atoms with Crippen LogP contribution in [0.25, 0.3) is 11.3 Å². The molecule has 0 aromatic carbocycles. The molecule has 1 aliphatic carbocycles. The average molecular weight is 301 g/mol. The molecular formula is C16H19N3OS. The fourth-order valence-electron chi connectivity index (χ4n) is 2.67. The number of aromatic nitrogens is 2. The second-order valence-corrected chi connectivity index (χ2v) is 6.35. The van der Waals surface area contributed by atoms with Crippen molar-refractivity contribution in [3.8, 4) is 11.3 Å². The van der Waals surface area contributed by atoms with E-state index in [2.05, 4.69) is 15.3 Å². The molecule has 5 heteroatoms. The molecule has 1 amide bonds. The summed E-state index contributed by atoms with van der Waals surface area (Å²) in [5, 5.41) is 6.18. The Hall–Kier alpha value is -1.75. The molecule has 0 spiro atoms. The number of aryl methyl sites for hydroxylation is 1. The first-order valence-corrected chi connectivity index (χ1v) is 8.33. The molecule has 110 valence electrons. The number of nitrogens with one attached hydrogen (secondary N) is 1. The maximum atomic E-state index is 11.9. The van der Waals surface area contributed by atoms with Gasteiger partial charge in [-0.05, 0) is 25.0 Å². The molecule has 4 nitrogen and oxygen atoms in total. The van der Waals surface area contributed by atoms with Crippen LogP contribution in [0, 0.1) is 0 Å². The molecule has 1 N–H and O–H groups in total. The van der Waals surface area contributed by atoms with Crippen LogP contribution in [0.4, 0.5) is 0 Å². The molecule has 0 saturated heterocycles. The maximum Gasteiger partial charge on any atom is 0.220 e. The standard InChI is InChI=1S/C16H19N3OS/c20-15(18-13-3-1-2-4-13)5-6-16-19-14(11-21-16)12-7-9-17-10-8-12/h7-11,13H,1-6H2,(H,18,20). The highest BCUT2D eigenvalue weighted by Crippen LogP contribution is 2.22. The number of rotatable bonds is 5. The Morgan fingerprint density at radius 1 is 1.29 bits per heavy atom. The van der Waals surface area contributed by atoms with Crippen molar-refractivity contribution in [1.29, 1.82) is 0 Å². The van der Waals surface area contributed by atoms with Crippen molar-refractivity contribution >= 4 is 17.2 Å². The second-order valence-electron chi connectivity index (χ2n) is 5.41. The lowest BCUT2D eigenvalue weighted by atomic mass is 10.2. The van der Waals surface area contributed by atoms with Gasteiger partial charge in [0.2, 0.25) is 5.91 Å². The van der Waals surface area contributed by atoms with Crippen molar-refractivity contribution in [2.24, 2.45) is 0 Å². The minimum atomic E-state index is 0.155. The van der Waals surface area contributed by atoms with E-state index in [9.17, 15) is 4.79 Å². The fraction of sp³-hybridized carbons (Fsp3) is 0.438. The first-order valence-electron chi connectivity index (χ1n) is 7.45. The Balaban J connectivity index is 1.51. The zero-order valence-electron chi connectivity index (χ0n) is 11.9. The third-order valence-corrected chi connectivity index (χ3v) is 4.72. The Morgan fingerprint density at radius 2 is 2.05 bits per heavy atom. The number of nitrogens with zero attached hydrogens (tertiary/aromatic N) is 2. The van der Waals surface area contributed by atoms with Crippen LogP contribution >= 0.6 is 11.3 Å². The summed E-state index contributed by atoms with van der Waals surface area (Å²) in [5.41, 5.74) is 2.04. The molecule has 21 heavy (non-hydrogen) atoms. The Labute approximate surface area is 128 Å². The molecule has 0 unspecified atom stereocenters. The Kier molecular flexibility index (Phi) is 4.60. The van der Waals surface area contributed by atoms with Crippen LogP contribution in [0.15, 0.2) is 29.9 Å². The largest absolute Gasteiger partial charge is 0.353 e. The number of carbonyl (C=O) groups excluding carboxylic acids is 1. The van der Waals surface area contributed by atoms with E-state index in [4.69, 9.17) is 0 Å². The average Bonchev–Trinajstić information content (AvgIpc) is 3.17. The summed E-state index contributed by atoms with van der Waals surface area (Å²) >= 11 is 1.62. The van der Waals surface area contributed by atoms with Gasteiger partial charge in [-0.1, -0.05) is 12.8 Å². The zero-order chi connectivity index (χ0) is 14.5. The topological polar surface area (TPSA) is 54.9 Å². The molecule has 0 aliphatic heterocycles. The number of pyridine rings is 1. The lowest BCUT2D eigenvalue weighted by molar-refractivity contribution is -0.121. The third-order valence-electron chi connectivity index (χ3n) is 3.81. The molecule has 0 atom stereocenters. The van der Waals surface area contributed by atoms with Crippen LogP contribution in [0.2, 0.25) is 0 Å². The van der Waals surface area contributed by atoms with Crippen LogP contribution in [0.5, 0.6) is 0 Å². The molecule has 2 aromatic heterocycles. The smallest absolute Gasteiger partial charge is 0.220 e. The van der Waals surface area contributed by atoms with Crippen molar-refractivity contribution < 1.29 is 4.79 Å². The summed E-state index contributed by atoms with van der Waals surface area (Å²) in [4.78, 5) is 20.5. The van der Waals surface area contributed by atoms with Crippen molar-refractivity contribution in [1.82, 2.24) is 15.3 Å². The number of hydrogen-bond donors (Lipinski definition) is 1. The van der Waals surface area contributed by atoms with Gasteiger partial charge in [0.1, 0.15) is 0 Å². The van der Waals surface area contributed by atoms with Gasteiger partial charge >= 0.3 is 0 Å². The van der Waals surface area contributed by atoms with E-state index in [1.54, 1.807) is 23.7 Å². The lowest BCUT2D eigenvalue weighted by Gasteiger charge is -2.10. The van der Waals surface area contributed by atoms with Crippen molar-refractivity contribution in [3.05, 3.63) is 34.9 Å². The van der Waals surface area contributed by atoms with E-state index in [0.717, 1.165) is 29.1 Å². The first kappa shape index (κ1) is 14.2. The molecule has 2 heterocycles. The Bertz CT molecular complexity index is 591. The van der Waals surface area contributed by atoms with E-state index in [-0.39, 0.29) is 5.91 Å². The number of thiazole rings is 1. The minimum Gasteiger partial charge on any atom is -0.353 e. The molecule has 1 aliphatic rings. The van der Waals surface area contributed by atoms with E-state index in [1.807, 2.05) is 17.5 Å². The SMILES string of the molecule is O=C(CCc1nc(-c2ccncc2)cs1)NC1CCCC1. The van der Waals surface area contributed by atoms with Gasteiger partial charge in [-0.25, -0.2) is 4.98 Å². The van der Waals surface area contributed by atoms with Crippen molar-refractivity contribution in [3.63, 3.8) is 0 Å². The molecule has 1 saturated carbocycles. The van der Waals surface area contributed by atoms with Gasteiger partial charge in [-0.15, -0.1) is 11.3 Å². The quantitative estimate of drug-likeness (QED) is 0.922. The highest BCUT2D eigenvalue weighted by atomic mass is 32.1. The number of hydrogen-bond acceptors (Lipinski definition) is 4. The van der Waals surface area contributed by atoms with Gasteiger partial charge in [-0.2, -0.15) is 0 Å². The van der Waals surface area contributed by atoms with E-state index >= 15 is 0 Å². The number of carbonyl (C=O) groups is 1. The highest BCUT2D eigenvalue weighted by molar-refractivity contribution is 7.09. The number of amides is 1. The summed E-state index contributed by atoms with van der Waals surface area (Å²) in [7, 11) is 0. The van der Waals surface area contributed by atoms with Crippen LogP contribution < -0.4 is 5.32 Å². The predicted octanol–water partition coefficient (Wildman–Crippen LogP) is 3.20. The van der Waals surface area contributed by atoms with Gasteiger partial charge in [0.05, 0.1) is 10.7 Å². The molecule has 2 aromatic rings. The maximum absolute atomic E-state index is 11.9. The minimum absolute atomic E-state index is 0.155. The summed E-state index contributed by atoms with van der Waals surface area (Å²) in [6, 6.07) is 4.30. The fourth-order valence-corrected chi connectivity index (χ4v) is 3.48. The first-order chi connectivity index (χ1) is 10.3. The van der Waals surface area contributed by atoms with Gasteiger partial charge in [0.25, 0.3) is 0 Å². The summed E-state index contributed by atoms with van der Waals surface area (Å²) in [5.74, 6) is 0.155. The van der Waals surface area contributed by atoms with Gasteiger partial charge in [-0.3, -0.25) is 9.78 Å². The van der Waals surface area contributed by atoms with Crippen molar-refractivity contribution in [2.75, 3.05) is 0 Å². The van der Waals surface area contributed by atoms with Crippen LogP contribution in [0.3, 0.4) is 0 Å². The van der Waals surface area contributed by atoms with E-state index in [0.29, 0.717) is 18.9 Å². The van der Waals surface area contributed by atoms with Gasteiger partial charge in [0, 0.05) is 42.2 Å². The van der Waals surface area contributed by atoms with Crippen LogP contribution in [-0.2, 0) is 11.2 Å². The summed E-state index contributed by atoms with van der Waals surface area (Å²) < 4.78 is 0. The van der Waals surface area contributed by atoms with E-state index in [1.165, 1.54) is 12.8 Å². The second kappa shape index (κ2) is 6.80. The molecule has 1 fully saturated rings. The molecular weight excluding hydrogens is 282 g/mol. The lowest BCUT2D eigenvalue weighted by Crippen LogP contribution is -2.32. The monoisotopic (exact) mass is 301 g/mol. The third kappa shape index (κ3) is 3.88. The van der Waals surface area contributed by atoms with Crippen LogP contribution in [0.1, 0.15) is 37.1 Å². The Morgan fingerprint density at radius 3 is 2.81 bits per heavy atom. The molecule has 3 rings (SSSR count). The van der Waals surface area contributed by atoms with Gasteiger partial charge < -0.3 is 5.32 Å². The summed E-state index contributed by atoms with van der Waals surface area (Å²) in [6.45, 7) is 0. The molecule has 0 radical (unpaired) electrons.